The molecule has 6 nitrogen and oxygen atoms in total. The van der Waals surface area contributed by atoms with Crippen LogP contribution in [0.1, 0.15) is 29.5 Å². The van der Waals surface area contributed by atoms with Crippen LogP contribution in [0.15, 0.2) is 12.3 Å². The van der Waals surface area contributed by atoms with Crippen molar-refractivity contribution >= 4 is 17.1 Å². The number of carboxylic acid groups (broad SMARTS) is 1. The number of aryl methyl sites for hydroxylation is 1. The summed E-state index contributed by atoms with van der Waals surface area (Å²) in [6.07, 6.45) is 3.02. The molecule has 0 atom stereocenters. The van der Waals surface area contributed by atoms with E-state index < -0.39 is 5.97 Å². The first-order valence-corrected chi connectivity index (χ1v) is 5.87. The van der Waals surface area contributed by atoms with Crippen LogP contribution in [-0.2, 0) is 11.2 Å². The summed E-state index contributed by atoms with van der Waals surface area (Å²) >= 11 is 0. The molecular weight excluding hydrogens is 234 g/mol. The highest BCUT2D eigenvalue weighted by molar-refractivity contribution is 5.99. The minimum absolute atomic E-state index is 0.198. The normalized spacial score (nSPS) is 10.9. The Morgan fingerprint density at radius 3 is 3.11 bits per heavy atom. The number of nitrogens with one attached hydrogen (secondary N) is 1. The first-order chi connectivity index (χ1) is 8.72. The zero-order valence-corrected chi connectivity index (χ0v) is 10.1. The minimum atomic E-state index is -0.980. The lowest BCUT2D eigenvalue weighted by molar-refractivity contribution is 0.0698. The van der Waals surface area contributed by atoms with Gasteiger partial charge in [0.15, 0.2) is 5.65 Å². The minimum Gasteiger partial charge on any atom is -0.478 e. The van der Waals surface area contributed by atoms with Crippen molar-refractivity contribution in [3.63, 3.8) is 0 Å². The lowest BCUT2D eigenvalue weighted by Gasteiger charge is -1.98. The summed E-state index contributed by atoms with van der Waals surface area (Å²) < 4.78 is 5.24. The number of fused-ring (bicyclic) bond motifs is 1. The maximum absolute atomic E-state index is 11.0. The first-order valence-electron chi connectivity index (χ1n) is 5.87. The molecule has 2 rings (SSSR count). The fraction of sp³-hybridized carbons (Fsp3) is 0.417. The maximum Gasteiger partial charge on any atom is 0.338 e. The summed E-state index contributed by atoms with van der Waals surface area (Å²) in [7, 11) is 0. The van der Waals surface area contributed by atoms with E-state index in [0.29, 0.717) is 24.4 Å². The Morgan fingerprint density at radius 1 is 1.56 bits per heavy atom. The molecule has 0 amide bonds. The number of hydrogen-bond acceptors (Lipinski definition) is 4. The zero-order valence-electron chi connectivity index (χ0n) is 10.1. The Labute approximate surface area is 104 Å². The second-order valence-corrected chi connectivity index (χ2v) is 3.85. The summed E-state index contributed by atoms with van der Waals surface area (Å²) in [6.45, 7) is 3.32. The standard InChI is InChI=1S/C12H15N3O3/c1-2-18-7-3-4-9-14-10-8(12(16)17)5-6-13-11(10)15-9/h5-6H,2-4,7H2,1H3,(H,16,17)(H,13,14,15). The van der Waals surface area contributed by atoms with Gasteiger partial charge in [-0.2, -0.15) is 0 Å². The van der Waals surface area contributed by atoms with E-state index in [-0.39, 0.29) is 5.56 Å². The topological polar surface area (TPSA) is 88.1 Å². The molecule has 0 unspecified atom stereocenters. The fourth-order valence-corrected chi connectivity index (χ4v) is 1.74. The average molecular weight is 249 g/mol. The van der Waals surface area contributed by atoms with Crippen molar-refractivity contribution < 1.29 is 14.6 Å². The van der Waals surface area contributed by atoms with Crippen molar-refractivity contribution in [3.8, 4) is 0 Å². The molecule has 0 bridgehead atoms. The van der Waals surface area contributed by atoms with Crippen LogP contribution >= 0.6 is 0 Å². The largest absolute Gasteiger partial charge is 0.478 e. The number of ether oxygens (including phenoxy) is 1. The van der Waals surface area contributed by atoms with Crippen molar-refractivity contribution in [1.82, 2.24) is 15.0 Å². The molecule has 2 aromatic rings. The second kappa shape index (κ2) is 5.59. The molecule has 0 fully saturated rings. The Kier molecular flexibility index (Phi) is 3.88. The molecular formula is C12H15N3O3. The quantitative estimate of drug-likeness (QED) is 0.759. The van der Waals surface area contributed by atoms with Gasteiger partial charge in [0.05, 0.1) is 11.1 Å². The summed E-state index contributed by atoms with van der Waals surface area (Å²) in [5.74, 6) is -0.238. The van der Waals surface area contributed by atoms with Gasteiger partial charge < -0.3 is 14.8 Å². The van der Waals surface area contributed by atoms with Crippen molar-refractivity contribution in [3.05, 3.63) is 23.7 Å². The molecule has 0 saturated carbocycles. The third-order valence-electron chi connectivity index (χ3n) is 2.58. The van der Waals surface area contributed by atoms with Crippen LogP contribution in [0.5, 0.6) is 0 Å². The van der Waals surface area contributed by atoms with Crippen LogP contribution in [-0.4, -0.2) is 39.2 Å². The summed E-state index contributed by atoms with van der Waals surface area (Å²) in [4.78, 5) is 22.4. The van der Waals surface area contributed by atoms with Crippen LogP contribution < -0.4 is 0 Å². The van der Waals surface area contributed by atoms with Crippen molar-refractivity contribution in [2.45, 2.75) is 19.8 Å². The van der Waals surface area contributed by atoms with Gasteiger partial charge in [-0.25, -0.2) is 14.8 Å². The van der Waals surface area contributed by atoms with E-state index in [1.807, 2.05) is 6.92 Å². The number of rotatable bonds is 6. The van der Waals surface area contributed by atoms with Crippen LogP contribution in [0.3, 0.4) is 0 Å². The molecule has 2 heterocycles. The molecule has 0 aliphatic rings. The fourth-order valence-electron chi connectivity index (χ4n) is 1.74. The highest BCUT2D eigenvalue weighted by Gasteiger charge is 2.12. The molecule has 2 aromatic heterocycles. The summed E-state index contributed by atoms with van der Waals surface area (Å²) in [5.41, 5.74) is 1.13. The third-order valence-corrected chi connectivity index (χ3v) is 2.58. The molecule has 6 heteroatoms. The predicted octanol–water partition coefficient (Wildman–Crippen LogP) is 1.63. The van der Waals surface area contributed by atoms with E-state index >= 15 is 0 Å². The molecule has 0 radical (unpaired) electrons. The van der Waals surface area contributed by atoms with Gasteiger partial charge >= 0.3 is 5.97 Å². The van der Waals surface area contributed by atoms with E-state index in [1.54, 1.807) is 0 Å². The van der Waals surface area contributed by atoms with Crippen LogP contribution in [0.4, 0.5) is 0 Å². The summed E-state index contributed by atoms with van der Waals surface area (Å²) in [6, 6.07) is 1.47. The van der Waals surface area contributed by atoms with Crippen molar-refractivity contribution in [2.75, 3.05) is 13.2 Å². The highest BCUT2D eigenvalue weighted by Crippen LogP contribution is 2.14. The molecule has 0 aliphatic carbocycles. The van der Waals surface area contributed by atoms with Gasteiger partial charge in [-0.05, 0) is 19.4 Å². The lowest BCUT2D eigenvalue weighted by atomic mass is 10.2. The van der Waals surface area contributed by atoms with E-state index in [0.717, 1.165) is 18.7 Å². The number of aromatic amines is 1. The number of carboxylic acids is 1. The van der Waals surface area contributed by atoms with Gasteiger partial charge in [0.25, 0.3) is 0 Å². The van der Waals surface area contributed by atoms with Crippen LogP contribution in [0, 0.1) is 0 Å². The number of aromatic carboxylic acids is 1. The number of aromatic nitrogens is 3. The van der Waals surface area contributed by atoms with E-state index in [2.05, 4.69) is 15.0 Å². The number of H-pyrrole nitrogens is 1. The van der Waals surface area contributed by atoms with Crippen LogP contribution in [0.2, 0.25) is 0 Å². The van der Waals surface area contributed by atoms with Crippen molar-refractivity contribution in [1.29, 1.82) is 0 Å². The molecule has 0 aliphatic heterocycles. The monoisotopic (exact) mass is 249 g/mol. The number of nitrogens with zero attached hydrogens (tertiary/aromatic N) is 2. The molecule has 0 saturated heterocycles. The SMILES string of the molecule is CCOCCCc1nc2nccc(C(=O)O)c2[nH]1. The van der Waals surface area contributed by atoms with Gasteiger partial charge in [0.1, 0.15) is 5.82 Å². The summed E-state index contributed by atoms with van der Waals surface area (Å²) in [5, 5.41) is 9.04. The smallest absolute Gasteiger partial charge is 0.338 e. The van der Waals surface area contributed by atoms with Gasteiger partial charge in [0, 0.05) is 25.8 Å². The first kappa shape index (κ1) is 12.5. The highest BCUT2D eigenvalue weighted by atomic mass is 16.5. The van der Waals surface area contributed by atoms with E-state index in [1.165, 1.54) is 12.3 Å². The molecule has 96 valence electrons. The molecule has 0 aromatic carbocycles. The number of hydrogen-bond donors (Lipinski definition) is 2. The average Bonchev–Trinajstić information content (AvgIpc) is 2.76. The molecule has 18 heavy (non-hydrogen) atoms. The van der Waals surface area contributed by atoms with Gasteiger partial charge in [-0.3, -0.25) is 0 Å². The Hall–Kier alpha value is -1.95. The number of imidazole rings is 1. The van der Waals surface area contributed by atoms with E-state index in [9.17, 15) is 4.79 Å². The Morgan fingerprint density at radius 2 is 2.39 bits per heavy atom. The van der Waals surface area contributed by atoms with E-state index in [4.69, 9.17) is 9.84 Å². The number of carbonyl (C=O) groups is 1. The lowest BCUT2D eigenvalue weighted by Crippen LogP contribution is -1.98. The Bertz CT molecular complexity index is 550. The van der Waals surface area contributed by atoms with Gasteiger partial charge in [-0.15, -0.1) is 0 Å². The Balaban J connectivity index is 2.17. The maximum atomic E-state index is 11.0. The third kappa shape index (κ3) is 2.65. The molecule has 0 spiro atoms. The van der Waals surface area contributed by atoms with Gasteiger partial charge in [0.2, 0.25) is 0 Å². The van der Waals surface area contributed by atoms with Crippen molar-refractivity contribution in [2.24, 2.45) is 0 Å². The second-order valence-electron chi connectivity index (χ2n) is 3.85. The van der Waals surface area contributed by atoms with Gasteiger partial charge in [-0.1, -0.05) is 0 Å². The number of pyridine rings is 1. The predicted molar refractivity (Wildman–Crippen MR) is 65.7 cm³/mol. The zero-order chi connectivity index (χ0) is 13.0. The van der Waals surface area contributed by atoms with Crippen LogP contribution in [0.25, 0.3) is 11.2 Å². The molecule has 2 N–H and O–H groups in total.